The zero-order valence-electron chi connectivity index (χ0n) is 11.4. The molecule has 2 N–H and O–H groups in total. The van der Waals surface area contributed by atoms with E-state index in [-0.39, 0.29) is 12.3 Å². The Morgan fingerprint density at radius 2 is 2.26 bits per heavy atom. The SMILES string of the molecule is CCCOc1cncc(NCC(CC)CC(=O)O)n1. The molecular formula is C13H21N3O3. The Bertz CT molecular complexity index is 398. The lowest BCUT2D eigenvalue weighted by Crippen LogP contribution is -2.18. The zero-order valence-corrected chi connectivity index (χ0v) is 11.4. The molecule has 1 rings (SSSR count). The fourth-order valence-electron chi connectivity index (χ4n) is 1.57. The number of anilines is 1. The van der Waals surface area contributed by atoms with E-state index in [0.717, 1.165) is 12.8 Å². The van der Waals surface area contributed by atoms with Gasteiger partial charge in [-0.2, -0.15) is 4.98 Å². The van der Waals surface area contributed by atoms with E-state index in [1.54, 1.807) is 12.4 Å². The van der Waals surface area contributed by atoms with Gasteiger partial charge in [-0.25, -0.2) is 0 Å². The molecule has 0 saturated heterocycles. The molecule has 1 atom stereocenters. The van der Waals surface area contributed by atoms with E-state index in [2.05, 4.69) is 15.3 Å². The third-order valence-corrected chi connectivity index (χ3v) is 2.68. The van der Waals surface area contributed by atoms with Crippen LogP contribution in [0.5, 0.6) is 5.88 Å². The summed E-state index contributed by atoms with van der Waals surface area (Å²) in [5.41, 5.74) is 0. The van der Waals surface area contributed by atoms with Gasteiger partial charge in [0.05, 0.1) is 19.0 Å². The highest BCUT2D eigenvalue weighted by Crippen LogP contribution is 2.12. The average molecular weight is 267 g/mol. The van der Waals surface area contributed by atoms with Gasteiger partial charge in [0.1, 0.15) is 5.82 Å². The molecule has 0 amide bonds. The summed E-state index contributed by atoms with van der Waals surface area (Å²) in [7, 11) is 0. The molecular weight excluding hydrogens is 246 g/mol. The van der Waals surface area contributed by atoms with Gasteiger partial charge in [-0.3, -0.25) is 9.78 Å². The lowest BCUT2D eigenvalue weighted by Gasteiger charge is -2.14. The van der Waals surface area contributed by atoms with E-state index in [1.807, 2.05) is 13.8 Å². The lowest BCUT2D eigenvalue weighted by atomic mass is 10.0. The van der Waals surface area contributed by atoms with Crippen LogP contribution in [-0.2, 0) is 4.79 Å². The fraction of sp³-hybridized carbons (Fsp3) is 0.615. The van der Waals surface area contributed by atoms with Gasteiger partial charge in [0.2, 0.25) is 5.88 Å². The highest BCUT2D eigenvalue weighted by Gasteiger charge is 2.11. The number of nitrogens with zero attached hydrogens (tertiary/aromatic N) is 2. The smallest absolute Gasteiger partial charge is 0.303 e. The predicted molar refractivity (Wildman–Crippen MR) is 72.3 cm³/mol. The fourth-order valence-corrected chi connectivity index (χ4v) is 1.57. The number of carbonyl (C=O) groups is 1. The summed E-state index contributed by atoms with van der Waals surface area (Å²) in [4.78, 5) is 19.0. The summed E-state index contributed by atoms with van der Waals surface area (Å²) in [5.74, 6) is 0.398. The number of ether oxygens (including phenoxy) is 1. The van der Waals surface area contributed by atoms with Gasteiger partial charge in [0.25, 0.3) is 0 Å². The maximum absolute atomic E-state index is 10.7. The van der Waals surface area contributed by atoms with E-state index in [9.17, 15) is 4.79 Å². The molecule has 0 aliphatic carbocycles. The summed E-state index contributed by atoms with van der Waals surface area (Å²) in [6, 6.07) is 0. The molecule has 6 nitrogen and oxygen atoms in total. The van der Waals surface area contributed by atoms with E-state index in [1.165, 1.54) is 0 Å². The second-order valence-corrected chi connectivity index (χ2v) is 4.34. The summed E-state index contributed by atoms with van der Waals surface area (Å²) >= 11 is 0. The summed E-state index contributed by atoms with van der Waals surface area (Å²) in [6.07, 6.45) is 5.04. The van der Waals surface area contributed by atoms with Gasteiger partial charge in [-0.15, -0.1) is 0 Å². The number of rotatable bonds is 9. The first kappa shape index (κ1) is 15.2. The maximum atomic E-state index is 10.7. The van der Waals surface area contributed by atoms with Gasteiger partial charge in [0.15, 0.2) is 0 Å². The van der Waals surface area contributed by atoms with Crippen LogP contribution in [0.4, 0.5) is 5.82 Å². The van der Waals surface area contributed by atoms with Crippen LogP contribution >= 0.6 is 0 Å². The van der Waals surface area contributed by atoms with Gasteiger partial charge in [-0.1, -0.05) is 20.3 Å². The molecule has 19 heavy (non-hydrogen) atoms. The summed E-state index contributed by atoms with van der Waals surface area (Å²) in [5, 5.41) is 11.9. The largest absolute Gasteiger partial charge is 0.481 e. The van der Waals surface area contributed by atoms with Crippen molar-refractivity contribution in [2.75, 3.05) is 18.5 Å². The molecule has 1 aromatic heterocycles. The number of hydrogen-bond donors (Lipinski definition) is 2. The Morgan fingerprint density at radius 3 is 2.89 bits per heavy atom. The molecule has 0 bridgehead atoms. The standard InChI is InChI=1S/C13H21N3O3/c1-3-5-19-12-9-14-8-11(16-12)15-7-10(4-2)6-13(17)18/h8-10H,3-7H2,1-2H3,(H,15,16)(H,17,18). The first-order valence-electron chi connectivity index (χ1n) is 6.56. The van der Waals surface area contributed by atoms with Crippen LogP contribution in [0.2, 0.25) is 0 Å². The molecule has 0 aliphatic rings. The highest BCUT2D eigenvalue weighted by molar-refractivity contribution is 5.67. The van der Waals surface area contributed by atoms with Crippen molar-refractivity contribution in [1.82, 2.24) is 9.97 Å². The Kier molecular flexibility index (Phi) is 6.63. The molecule has 0 radical (unpaired) electrons. The number of carboxylic acid groups (broad SMARTS) is 1. The Labute approximate surface area is 113 Å². The molecule has 0 aromatic carbocycles. The third-order valence-electron chi connectivity index (χ3n) is 2.68. The lowest BCUT2D eigenvalue weighted by molar-refractivity contribution is -0.138. The van der Waals surface area contributed by atoms with Crippen molar-refractivity contribution >= 4 is 11.8 Å². The molecule has 1 unspecified atom stereocenters. The van der Waals surface area contributed by atoms with Crippen molar-refractivity contribution in [3.05, 3.63) is 12.4 Å². The van der Waals surface area contributed by atoms with Crippen LogP contribution in [0.1, 0.15) is 33.1 Å². The van der Waals surface area contributed by atoms with Gasteiger partial charge >= 0.3 is 5.97 Å². The number of nitrogens with one attached hydrogen (secondary N) is 1. The van der Waals surface area contributed by atoms with E-state index in [4.69, 9.17) is 9.84 Å². The van der Waals surface area contributed by atoms with Crippen molar-refractivity contribution in [1.29, 1.82) is 0 Å². The second kappa shape index (κ2) is 8.29. The van der Waals surface area contributed by atoms with Crippen molar-refractivity contribution in [3.63, 3.8) is 0 Å². The summed E-state index contributed by atoms with van der Waals surface area (Å²) in [6.45, 7) is 5.17. The number of aromatic nitrogens is 2. The Morgan fingerprint density at radius 1 is 1.47 bits per heavy atom. The van der Waals surface area contributed by atoms with E-state index >= 15 is 0 Å². The van der Waals surface area contributed by atoms with Crippen LogP contribution in [0.15, 0.2) is 12.4 Å². The molecule has 106 valence electrons. The second-order valence-electron chi connectivity index (χ2n) is 4.34. The van der Waals surface area contributed by atoms with Crippen molar-refractivity contribution in [2.24, 2.45) is 5.92 Å². The number of carboxylic acids is 1. The van der Waals surface area contributed by atoms with Crippen LogP contribution in [0, 0.1) is 5.92 Å². The van der Waals surface area contributed by atoms with Gasteiger partial charge < -0.3 is 15.2 Å². The zero-order chi connectivity index (χ0) is 14.1. The highest BCUT2D eigenvalue weighted by atomic mass is 16.5. The number of aliphatic carboxylic acids is 1. The summed E-state index contributed by atoms with van der Waals surface area (Å²) < 4.78 is 5.39. The molecule has 1 aromatic rings. The van der Waals surface area contributed by atoms with Crippen LogP contribution in [-0.4, -0.2) is 34.2 Å². The van der Waals surface area contributed by atoms with E-state index in [0.29, 0.717) is 24.8 Å². The first-order valence-corrected chi connectivity index (χ1v) is 6.56. The molecule has 1 heterocycles. The third kappa shape index (κ3) is 6.03. The van der Waals surface area contributed by atoms with Gasteiger partial charge in [-0.05, 0) is 12.3 Å². The Balaban J connectivity index is 2.49. The van der Waals surface area contributed by atoms with Crippen LogP contribution in [0.3, 0.4) is 0 Å². The van der Waals surface area contributed by atoms with Gasteiger partial charge in [0, 0.05) is 13.0 Å². The average Bonchev–Trinajstić information content (AvgIpc) is 2.41. The topological polar surface area (TPSA) is 84.3 Å². The minimum Gasteiger partial charge on any atom is -0.481 e. The molecule has 0 fully saturated rings. The van der Waals surface area contributed by atoms with E-state index < -0.39 is 5.97 Å². The number of hydrogen-bond acceptors (Lipinski definition) is 5. The minimum atomic E-state index is -0.778. The Hall–Kier alpha value is -1.85. The maximum Gasteiger partial charge on any atom is 0.303 e. The van der Waals surface area contributed by atoms with Crippen molar-refractivity contribution in [2.45, 2.75) is 33.1 Å². The van der Waals surface area contributed by atoms with Crippen molar-refractivity contribution < 1.29 is 14.6 Å². The monoisotopic (exact) mass is 267 g/mol. The molecule has 0 spiro atoms. The molecule has 0 aliphatic heterocycles. The van der Waals surface area contributed by atoms with Crippen molar-refractivity contribution in [3.8, 4) is 5.88 Å². The predicted octanol–water partition coefficient (Wildman–Crippen LogP) is 2.18. The molecule has 0 saturated carbocycles. The quantitative estimate of drug-likeness (QED) is 0.713. The molecule has 6 heteroatoms. The minimum absolute atomic E-state index is 0.0829. The van der Waals surface area contributed by atoms with Crippen LogP contribution < -0.4 is 10.1 Å². The first-order chi connectivity index (χ1) is 9.15. The van der Waals surface area contributed by atoms with Crippen LogP contribution in [0.25, 0.3) is 0 Å². The normalized spacial score (nSPS) is 11.9.